The molecule has 12 heteroatoms. The maximum atomic E-state index is 12.2. The Morgan fingerprint density at radius 2 is 2.00 bits per heavy atom. The van der Waals surface area contributed by atoms with Crippen molar-refractivity contribution in [1.82, 2.24) is 15.4 Å². The minimum atomic E-state index is -4.02. The molecule has 1 aromatic rings. The number of nitrogens with zero attached hydrogens (tertiary/aromatic N) is 1. The second-order valence-corrected chi connectivity index (χ2v) is 7.02. The number of rotatable bonds is 12. The maximum absolute atomic E-state index is 12.2. The van der Waals surface area contributed by atoms with Crippen molar-refractivity contribution >= 4 is 28.2 Å². The lowest BCUT2D eigenvalue weighted by Crippen LogP contribution is -2.40. The van der Waals surface area contributed by atoms with Gasteiger partial charge in [-0.1, -0.05) is 18.6 Å². The van der Waals surface area contributed by atoms with Crippen LogP contribution in [0.3, 0.4) is 0 Å². The molecular formula is C14H20N4O7S. The lowest BCUT2D eigenvalue weighted by molar-refractivity contribution is -0.387. The zero-order valence-electron chi connectivity index (χ0n) is 13.8. The lowest BCUT2D eigenvalue weighted by atomic mass is 10.1. The zero-order valence-corrected chi connectivity index (χ0v) is 14.6. The van der Waals surface area contributed by atoms with Crippen LogP contribution in [0.4, 0.5) is 10.5 Å². The molecule has 0 aliphatic carbocycles. The molecule has 0 spiro atoms. The third-order valence-corrected chi connectivity index (χ3v) is 4.93. The molecule has 0 unspecified atom stereocenters. The van der Waals surface area contributed by atoms with Gasteiger partial charge in [-0.3, -0.25) is 14.9 Å². The van der Waals surface area contributed by atoms with Crippen LogP contribution >= 0.6 is 0 Å². The number of carbonyl (C=O) groups is 2. The molecule has 1 atom stereocenters. The summed E-state index contributed by atoms with van der Waals surface area (Å²) in [5, 5.41) is 24.1. The number of nitro benzene ring substituents is 1. The first kappa shape index (κ1) is 21.3. The standard InChI is InChI=1S/C14H20N4O7S/c19-10-16-11(9-15-14(20)21)5-3-4-8-17-26(24,25)13-7-2-1-6-12(13)18(22)23/h1-2,6-7,10-11,15,17H,3-5,8-9H2,(H,16,19)(H,20,21)/t11-/m0/s1. The molecule has 2 amide bonds. The smallest absolute Gasteiger partial charge is 0.404 e. The molecule has 26 heavy (non-hydrogen) atoms. The Bertz CT molecular complexity index is 739. The monoisotopic (exact) mass is 388 g/mol. The van der Waals surface area contributed by atoms with Gasteiger partial charge in [-0.2, -0.15) is 0 Å². The molecule has 0 aliphatic heterocycles. The normalized spacial score (nSPS) is 12.2. The molecule has 0 aromatic heterocycles. The minimum Gasteiger partial charge on any atom is -0.465 e. The van der Waals surface area contributed by atoms with Crippen LogP contribution in [0.2, 0.25) is 0 Å². The van der Waals surface area contributed by atoms with Crippen LogP contribution in [0.15, 0.2) is 29.2 Å². The summed E-state index contributed by atoms with van der Waals surface area (Å²) in [5.74, 6) is 0. The number of nitrogens with one attached hydrogen (secondary N) is 3. The molecule has 1 aromatic carbocycles. The average molecular weight is 388 g/mol. The number of hydrogen-bond donors (Lipinski definition) is 4. The number of hydrogen-bond acceptors (Lipinski definition) is 6. The molecule has 0 bridgehead atoms. The highest BCUT2D eigenvalue weighted by atomic mass is 32.2. The Kier molecular flexibility index (Phi) is 8.45. The number of carboxylic acid groups (broad SMARTS) is 1. The Labute approximate surface area is 150 Å². The molecule has 0 heterocycles. The van der Waals surface area contributed by atoms with E-state index in [-0.39, 0.29) is 13.1 Å². The molecule has 0 aliphatic rings. The number of sulfonamides is 1. The number of nitro groups is 1. The highest BCUT2D eigenvalue weighted by molar-refractivity contribution is 7.89. The summed E-state index contributed by atoms with van der Waals surface area (Å²) < 4.78 is 26.7. The van der Waals surface area contributed by atoms with Gasteiger partial charge in [0.1, 0.15) is 0 Å². The van der Waals surface area contributed by atoms with Crippen molar-refractivity contribution in [3.63, 3.8) is 0 Å². The molecule has 0 radical (unpaired) electrons. The molecule has 0 fully saturated rings. The van der Waals surface area contributed by atoms with Gasteiger partial charge in [-0.25, -0.2) is 17.9 Å². The number of carbonyl (C=O) groups excluding carboxylic acids is 1. The van der Waals surface area contributed by atoms with E-state index in [1.54, 1.807) is 0 Å². The Morgan fingerprint density at radius 3 is 2.62 bits per heavy atom. The highest BCUT2D eigenvalue weighted by Gasteiger charge is 2.24. The number of amides is 2. The SMILES string of the molecule is O=CN[C@@H](CCCCNS(=O)(=O)c1ccccc1[N+](=O)[O-])CNC(=O)O. The van der Waals surface area contributed by atoms with Crippen LogP contribution in [-0.2, 0) is 14.8 Å². The van der Waals surface area contributed by atoms with E-state index in [1.807, 2.05) is 0 Å². The van der Waals surface area contributed by atoms with Gasteiger partial charge in [-0.05, 0) is 18.9 Å². The molecule has 4 N–H and O–H groups in total. The Morgan fingerprint density at radius 1 is 1.31 bits per heavy atom. The third kappa shape index (κ3) is 7.03. The van der Waals surface area contributed by atoms with E-state index in [9.17, 15) is 28.1 Å². The summed E-state index contributed by atoms with van der Waals surface area (Å²) in [6.07, 6.45) is 0.605. The molecule has 1 rings (SSSR count). The third-order valence-electron chi connectivity index (χ3n) is 3.43. The van der Waals surface area contributed by atoms with Crippen LogP contribution in [0, 0.1) is 10.1 Å². The number of benzene rings is 1. The largest absolute Gasteiger partial charge is 0.465 e. The van der Waals surface area contributed by atoms with Crippen molar-refractivity contribution in [3.8, 4) is 0 Å². The van der Waals surface area contributed by atoms with Crippen molar-refractivity contribution in [2.75, 3.05) is 13.1 Å². The predicted octanol–water partition coefficient (Wildman–Crippen LogP) is 0.426. The molecule has 144 valence electrons. The second-order valence-electron chi connectivity index (χ2n) is 5.29. The van der Waals surface area contributed by atoms with Crippen molar-refractivity contribution in [3.05, 3.63) is 34.4 Å². The van der Waals surface area contributed by atoms with Gasteiger partial charge in [-0.15, -0.1) is 0 Å². The first-order valence-corrected chi connectivity index (χ1v) is 9.16. The van der Waals surface area contributed by atoms with Gasteiger partial charge in [0.2, 0.25) is 16.4 Å². The molecule has 11 nitrogen and oxygen atoms in total. The minimum absolute atomic E-state index is 0.0377. The van der Waals surface area contributed by atoms with Gasteiger partial charge in [0.05, 0.1) is 4.92 Å². The van der Waals surface area contributed by atoms with E-state index in [2.05, 4.69) is 15.4 Å². The van der Waals surface area contributed by atoms with Crippen LogP contribution in [0.25, 0.3) is 0 Å². The summed E-state index contributed by atoms with van der Waals surface area (Å²) in [5.41, 5.74) is -0.505. The van der Waals surface area contributed by atoms with Gasteiger partial charge in [0.15, 0.2) is 4.90 Å². The van der Waals surface area contributed by atoms with E-state index in [0.29, 0.717) is 25.7 Å². The van der Waals surface area contributed by atoms with E-state index in [0.717, 1.165) is 12.1 Å². The van der Waals surface area contributed by atoms with Crippen molar-refractivity contribution in [2.45, 2.75) is 30.2 Å². The topological polar surface area (TPSA) is 168 Å². The van der Waals surface area contributed by atoms with Gasteiger partial charge in [0, 0.05) is 25.2 Å². The van der Waals surface area contributed by atoms with Crippen LogP contribution in [-0.4, -0.2) is 50.1 Å². The summed E-state index contributed by atoms with van der Waals surface area (Å²) in [6, 6.07) is 4.63. The summed E-state index contributed by atoms with van der Waals surface area (Å²) >= 11 is 0. The van der Waals surface area contributed by atoms with Gasteiger partial charge in [0.25, 0.3) is 5.69 Å². The van der Waals surface area contributed by atoms with E-state index < -0.39 is 37.7 Å². The fourth-order valence-corrected chi connectivity index (χ4v) is 3.43. The lowest BCUT2D eigenvalue weighted by Gasteiger charge is -2.15. The van der Waals surface area contributed by atoms with Crippen molar-refractivity contribution < 1.29 is 28.0 Å². The van der Waals surface area contributed by atoms with Gasteiger partial charge < -0.3 is 15.7 Å². The summed E-state index contributed by atoms with van der Waals surface area (Å²) in [7, 11) is -4.02. The summed E-state index contributed by atoms with van der Waals surface area (Å²) in [6.45, 7) is 0.0879. The second kappa shape index (κ2) is 10.3. The first-order valence-electron chi connectivity index (χ1n) is 7.67. The van der Waals surface area contributed by atoms with E-state index in [4.69, 9.17) is 5.11 Å². The predicted molar refractivity (Wildman–Crippen MR) is 91.2 cm³/mol. The fraction of sp³-hybridized carbons (Fsp3) is 0.429. The average Bonchev–Trinajstić information content (AvgIpc) is 2.59. The van der Waals surface area contributed by atoms with Gasteiger partial charge >= 0.3 is 6.09 Å². The number of unbranched alkanes of at least 4 members (excludes halogenated alkanes) is 1. The maximum Gasteiger partial charge on any atom is 0.404 e. The van der Waals surface area contributed by atoms with Crippen LogP contribution in [0.5, 0.6) is 0 Å². The molecule has 0 saturated heterocycles. The summed E-state index contributed by atoms with van der Waals surface area (Å²) in [4.78, 5) is 30.7. The van der Waals surface area contributed by atoms with Crippen LogP contribution in [0.1, 0.15) is 19.3 Å². The Balaban J connectivity index is 2.50. The van der Waals surface area contributed by atoms with E-state index >= 15 is 0 Å². The van der Waals surface area contributed by atoms with Crippen molar-refractivity contribution in [2.24, 2.45) is 0 Å². The van der Waals surface area contributed by atoms with E-state index in [1.165, 1.54) is 12.1 Å². The fourth-order valence-electron chi connectivity index (χ4n) is 2.19. The van der Waals surface area contributed by atoms with Crippen LogP contribution < -0.4 is 15.4 Å². The quantitative estimate of drug-likeness (QED) is 0.174. The first-order chi connectivity index (χ1) is 12.3. The number of para-hydroxylation sites is 1. The highest BCUT2D eigenvalue weighted by Crippen LogP contribution is 2.22. The molecule has 0 saturated carbocycles. The zero-order chi connectivity index (χ0) is 19.6. The Hall–Kier alpha value is -2.73. The molecular weight excluding hydrogens is 368 g/mol. The van der Waals surface area contributed by atoms with Crippen molar-refractivity contribution in [1.29, 1.82) is 0 Å².